The molecule has 1 aliphatic rings. The molecule has 2 heterocycles. The van der Waals surface area contributed by atoms with Crippen LogP contribution in [0.25, 0.3) is 0 Å². The lowest BCUT2D eigenvalue weighted by Crippen LogP contribution is -2.41. The van der Waals surface area contributed by atoms with Gasteiger partial charge in [-0.1, -0.05) is 17.7 Å². The molecule has 0 aliphatic carbocycles. The fraction of sp³-hybridized carbons (Fsp3) is 0.450. The Hall–Kier alpha value is -2.12. The monoisotopic (exact) mass is 390 g/mol. The van der Waals surface area contributed by atoms with Gasteiger partial charge in [-0.3, -0.25) is 9.69 Å². The minimum absolute atomic E-state index is 0.0869. The number of amides is 1. The Bertz CT molecular complexity index is 896. The molecule has 146 valence electrons. The van der Waals surface area contributed by atoms with Gasteiger partial charge in [-0.25, -0.2) is 8.42 Å². The lowest BCUT2D eigenvalue weighted by molar-refractivity contribution is -0.118. The molecule has 1 fully saturated rings. The molecule has 1 aromatic carbocycles. The second-order valence-corrected chi connectivity index (χ2v) is 9.59. The number of furan rings is 1. The Kier molecular flexibility index (Phi) is 5.72. The third-order valence-electron chi connectivity index (χ3n) is 4.95. The topological polar surface area (TPSA) is 79.6 Å². The highest BCUT2D eigenvalue weighted by Gasteiger charge is 2.33. The summed E-state index contributed by atoms with van der Waals surface area (Å²) < 4.78 is 29.2. The molecule has 0 saturated carbocycles. The van der Waals surface area contributed by atoms with E-state index in [1.807, 2.05) is 43.9 Å². The van der Waals surface area contributed by atoms with E-state index in [4.69, 9.17) is 4.42 Å². The van der Waals surface area contributed by atoms with Crippen LogP contribution in [0.1, 0.15) is 28.9 Å². The summed E-state index contributed by atoms with van der Waals surface area (Å²) in [7, 11) is -3.04. The van der Waals surface area contributed by atoms with Crippen molar-refractivity contribution < 1.29 is 17.6 Å². The van der Waals surface area contributed by atoms with Crippen LogP contribution in [0.5, 0.6) is 0 Å². The lowest BCUT2D eigenvalue weighted by atomic mass is 10.1. The number of benzene rings is 1. The number of hydrogen-bond acceptors (Lipinski definition) is 5. The maximum atomic E-state index is 12.7. The standard InChI is InChI=1S/C20H26N2O4S/c1-14-9-15(2)20(16(3)10-14)21-19(23)12-22(11-18-5-4-7-26-18)17-6-8-27(24,25)13-17/h4-5,7,9-10,17H,6,8,11-13H2,1-3H3,(H,21,23)/t17-/m0/s1. The van der Waals surface area contributed by atoms with Crippen LogP contribution < -0.4 is 5.32 Å². The summed E-state index contributed by atoms with van der Waals surface area (Å²) in [5.74, 6) is 0.823. The Morgan fingerprint density at radius 2 is 1.96 bits per heavy atom. The Labute approximate surface area is 160 Å². The van der Waals surface area contributed by atoms with Gasteiger partial charge in [-0.05, 0) is 50.5 Å². The van der Waals surface area contributed by atoms with E-state index in [-0.39, 0.29) is 30.0 Å². The number of carbonyl (C=O) groups is 1. The van der Waals surface area contributed by atoms with E-state index >= 15 is 0 Å². The van der Waals surface area contributed by atoms with Gasteiger partial charge in [0.2, 0.25) is 5.91 Å². The van der Waals surface area contributed by atoms with E-state index < -0.39 is 9.84 Å². The number of aryl methyl sites for hydroxylation is 3. The zero-order valence-electron chi connectivity index (χ0n) is 16.0. The molecule has 6 nitrogen and oxygen atoms in total. The average molecular weight is 391 g/mol. The third-order valence-corrected chi connectivity index (χ3v) is 6.70. The largest absolute Gasteiger partial charge is 0.468 e. The van der Waals surface area contributed by atoms with Gasteiger partial charge in [0.05, 0.1) is 30.9 Å². The Morgan fingerprint density at radius 1 is 1.26 bits per heavy atom. The quantitative estimate of drug-likeness (QED) is 0.820. The summed E-state index contributed by atoms with van der Waals surface area (Å²) in [6.07, 6.45) is 2.12. The Balaban J connectivity index is 1.74. The van der Waals surface area contributed by atoms with E-state index in [2.05, 4.69) is 5.32 Å². The first-order valence-corrected chi connectivity index (χ1v) is 10.9. The highest BCUT2D eigenvalue weighted by atomic mass is 32.2. The molecule has 1 saturated heterocycles. The van der Waals surface area contributed by atoms with Crippen molar-refractivity contribution in [2.75, 3.05) is 23.4 Å². The van der Waals surface area contributed by atoms with Crippen LogP contribution in [-0.4, -0.2) is 43.3 Å². The molecule has 1 aliphatic heterocycles. The zero-order valence-corrected chi connectivity index (χ0v) is 16.8. The fourth-order valence-electron chi connectivity index (χ4n) is 3.72. The molecule has 0 spiro atoms. The van der Waals surface area contributed by atoms with Crippen LogP contribution in [-0.2, 0) is 21.2 Å². The normalized spacial score (nSPS) is 18.7. The molecule has 1 N–H and O–H groups in total. The summed E-state index contributed by atoms with van der Waals surface area (Å²) in [6.45, 7) is 6.50. The van der Waals surface area contributed by atoms with Gasteiger partial charge in [0.1, 0.15) is 5.76 Å². The smallest absolute Gasteiger partial charge is 0.238 e. The number of anilines is 1. The number of nitrogens with zero attached hydrogens (tertiary/aromatic N) is 1. The second-order valence-electron chi connectivity index (χ2n) is 7.36. The van der Waals surface area contributed by atoms with Crippen LogP contribution in [0, 0.1) is 20.8 Å². The molecule has 2 aromatic rings. The number of sulfone groups is 1. The molecule has 0 bridgehead atoms. The number of nitrogens with one attached hydrogen (secondary N) is 1. The van der Waals surface area contributed by atoms with Gasteiger partial charge in [0, 0.05) is 11.7 Å². The zero-order chi connectivity index (χ0) is 19.6. The molecule has 7 heteroatoms. The van der Waals surface area contributed by atoms with Gasteiger partial charge in [-0.15, -0.1) is 0 Å². The van der Waals surface area contributed by atoms with E-state index in [0.29, 0.717) is 13.0 Å². The van der Waals surface area contributed by atoms with Crippen LogP contribution in [0.15, 0.2) is 34.9 Å². The van der Waals surface area contributed by atoms with Gasteiger partial charge in [0.15, 0.2) is 9.84 Å². The SMILES string of the molecule is Cc1cc(C)c(NC(=O)CN(Cc2ccco2)[C@H]2CCS(=O)(=O)C2)c(C)c1. The molecule has 1 atom stereocenters. The molecular formula is C20H26N2O4S. The molecule has 27 heavy (non-hydrogen) atoms. The predicted octanol–water partition coefficient (Wildman–Crippen LogP) is 2.83. The second kappa shape index (κ2) is 7.86. The Morgan fingerprint density at radius 3 is 2.52 bits per heavy atom. The molecule has 0 radical (unpaired) electrons. The summed E-state index contributed by atoms with van der Waals surface area (Å²) in [5, 5.41) is 3.00. The van der Waals surface area contributed by atoms with Crippen molar-refractivity contribution in [2.24, 2.45) is 0 Å². The highest BCUT2D eigenvalue weighted by Crippen LogP contribution is 2.23. The van der Waals surface area contributed by atoms with Crippen molar-refractivity contribution in [1.82, 2.24) is 4.90 Å². The molecule has 1 aromatic heterocycles. The maximum absolute atomic E-state index is 12.7. The van der Waals surface area contributed by atoms with Gasteiger partial charge in [-0.2, -0.15) is 0 Å². The summed E-state index contributed by atoms with van der Waals surface area (Å²) in [4.78, 5) is 14.6. The highest BCUT2D eigenvalue weighted by molar-refractivity contribution is 7.91. The predicted molar refractivity (Wildman–Crippen MR) is 105 cm³/mol. The van der Waals surface area contributed by atoms with E-state index in [1.165, 1.54) is 0 Å². The third kappa shape index (κ3) is 4.99. The van der Waals surface area contributed by atoms with Crippen molar-refractivity contribution in [3.8, 4) is 0 Å². The van der Waals surface area contributed by atoms with Gasteiger partial charge >= 0.3 is 0 Å². The van der Waals surface area contributed by atoms with Crippen molar-refractivity contribution in [2.45, 2.75) is 39.8 Å². The first-order valence-electron chi connectivity index (χ1n) is 9.08. The molecule has 0 unspecified atom stereocenters. The molecular weight excluding hydrogens is 364 g/mol. The lowest BCUT2D eigenvalue weighted by Gasteiger charge is -2.26. The van der Waals surface area contributed by atoms with Crippen molar-refractivity contribution in [1.29, 1.82) is 0 Å². The fourth-order valence-corrected chi connectivity index (χ4v) is 5.48. The van der Waals surface area contributed by atoms with Crippen LogP contribution >= 0.6 is 0 Å². The van der Waals surface area contributed by atoms with E-state index in [9.17, 15) is 13.2 Å². The first kappa shape index (κ1) is 19.6. The van der Waals surface area contributed by atoms with Crippen LogP contribution in [0.4, 0.5) is 5.69 Å². The summed E-state index contributed by atoms with van der Waals surface area (Å²) in [6, 6.07) is 7.52. The van der Waals surface area contributed by atoms with Gasteiger partial charge in [0.25, 0.3) is 0 Å². The molecule has 1 amide bonds. The molecule has 3 rings (SSSR count). The minimum Gasteiger partial charge on any atom is -0.468 e. The maximum Gasteiger partial charge on any atom is 0.238 e. The number of hydrogen-bond donors (Lipinski definition) is 1. The van der Waals surface area contributed by atoms with Crippen LogP contribution in [0.2, 0.25) is 0 Å². The van der Waals surface area contributed by atoms with E-state index in [0.717, 1.165) is 28.1 Å². The van der Waals surface area contributed by atoms with Crippen molar-refractivity contribution in [3.05, 3.63) is 53.0 Å². The van der Waals surface area contributed by atoms with Crippen molar-refractivity contribution in [3.63, 3.8) is 0 Å². The van der Waals surface area contributed by atoms with Gasteiger partial charge < -0.3 is 9.73 Å². The average Bonchev–Trinajstić information content (AvgIpc) is 3.19. The first-order chi connectivity index (χ1) is 12.7. The number of carbonyl (C=O) groups excluding carboxylic acids is 1. The summed E-state index contributed by atoms with van der Waals surface area (Å²) in [5.41, 5.74) is 4.00. The van der Waals surface area contributed by atoms with E-state index in [1.54, 1.807) is 12.3 Å². The summed E-state index contributed by atoms with van der Waals surface area (Å²) >= 11 is 0. The minimum atomic E-state index is -3.04. The van der Waals surface area contributed by atoms with Crippen molar-refractivity contribution >= 4 is 21.4 Å². The number of rotatable bonds is 6. The van der Waals surface area contributed by atoms with Crippen LogP contribution in [0.3, 0.4) is 0 Å².